The Morgan fingerprint density at radius 1 is 1.10 bits per heavy atom. The Morgan fingerprint density at radius 3 is 2.42 bits per heavy atom. The van der Waals surface area contributed by atoms with Crippen molar-refractivity contribution in [3.8, 4) is 0 Å². The van der Waals surface area contributed by atoms with Gasteiger partial charge in [0.25, 0.3) is 5.91 Å². The smallest absolute Gasteiger partial charge is 0.388 e. The Morgan fingerprint density at radius 2 is 1.82 bits per heavy atom. The van der Waals surface area contributed by atoms with Gasteiger partial charge in [-0.05, 0) is 47.9 Å². The highest BCUT2D eigenvalue weighted by atomic mass is 19.4. The van der Waals surface area contributed by atoms with Crippen molar-refractivity contribution in [2.75, 3.05) is 18.0 Å². The first-order valence-corrected chi connectivity index (χ1v) is 13.0. The van der Waals surface area contributed by atoms with Gasteiger partial charge in [-0.15, -0.1) is 10.2 Å². The molecule has 1 N–H and O–H groups in total. The minimum Gasteiger partial charge on any atom is -0.388 e. The molecule has 1 amide bonds. The van der Waals surface area contributed by atoms with Crippen LogP contribution in [0.2, 0.25) is 0 Å². The summed E-state index contributed by atoms with van der Waals surface area (Å²) in [5.41, 5.74) is -1.56. The lowest BCUT2D eigenvalue weighted by atomic mass is 9.60. The number of aryl methyl sites for hydroxylation is 1. The Balaban J connectivity index is 1.32. The Labute approximate surface area is 227 Å². The first-order chi connectivity index (χ1) is 18.6. The van der Waals surface area contributed by atoms with E-state index in [-0.39, 0.29) is 30.6 Å². The second kappa shape index (κ2) is 8.81. The minimum atomic E-state index is -4.67. The summed E-state index contributed by atoms with van der Waals surface area (Å²) in [6.45, 7) is 2.21. The summed E-state index contributed by atoms with van der Waals surface area (Å²) in [5.74, 6) is -2.89. The van der Waals surface area contributed by atoms with Gasteiger partial charge in [0.05, 0.1) is 17.7 Å². The van der Waals surface area contributed by atoms with Crippen LogP contribution >= 0.6 is 0 Å². The van der Waals surface area contributed by atoms with Crippen LogP contribution in [0.4, 0.5) is 27.6 Å². The maximum atomic E-state index is 14.2. The van der Waals surface area contributed by atoms with Crippen molar-refractivity contribution in [1.29, 1.82) is 0 Å². The number of aromatic nitrogens is 3. The third kappa shape index (κ3) is 4.66. The van der Waals surface area contributed by atoms with Crippen LogP contribution in [0.25, 0.3) is 0 Å². The molecule has 40 heavy (non-hydrogen) atoms. The zero-order chi connectivity index (χ0) is 28.7. The van der Waals surface area contributed by atoms with Gasteiger partial charge in [-0.2, -0.15) is 13.2 Å². The van der Waals surface area contributed by atoms with Crippen molar-refractivity contribution < 1.29 is 31.9 Å². The molecule has 1 saturated heterocycles. The van der Waals surface area contributed by atoms with E-state index in [9.17, 15) is 31.9 Å². The van der Waals surface area contributed by atoms with E-state index >= 15 is 0 Å². The number of anilines is 1. The molecule has 3 heterocycles. The fourth-order valence-electron chi connectivity index (χ4n) is 6.45. The lowest BCUT2D eigenvalue weighted by molar-refractivity contribution is -0.138. The number of amides is 1. The number of hydrogen-bond donors (Lipinski definition) is 1. The van der Waals surface area contributed by atoms with Crippen molar-refractivity contribution in [3.63, 3.8) is 0 Å². The number of hydrogen-bond acceptors (Lipinski definition) is 5. The molecular weight excluding hydrogens is 533 g/mol. The third-order valence-corrected chi connectivity index (χ3v) is 8.21. The third-order valence-electron chi connectivity index (χ3n) is 8.21. The van der Waals surface area contributed by atoms with Crippen molar-refractivity contribution in [2.24, 2.45) is 7.05 Å². The molecule has 0 unspecified atom stereocenters. The van der Waals surface area contributed by atoms with Crippen LogP contribution in [-0.4, -0.2) is 55.3 Å². The molecule has 6 rings (SSSR count). The molecule has 3 aromatic rings. The van der Waals surface area contributed by atoms with Gasteiger partial charge in [-0.3, -0.25) is 9.69 Å². The van der Waals surface area contributed by atoms with Gasteiger partial charge in [0.1, 0.15) is 12.2 Å². The van der Waals surface area contributed by atoms with E-state index in [2.05, 4.69) is 10.2 Å². The van der Waals surface area contributed by atoms with Gasteiger partial charge in [-0.25, -0.2) is 8.78 Å². The van der Waals surface area contributed by atoms with Crippen LogP contribution in [0, 0.1) is 0 Å². The molecule has 1 aromatic heterocycles. The van der Waals surface area contributed by atoms with Crippen LogP contribution in [0.1, 0.15) is 58.2 Å². The summed E-state index contributed by atoms with van der Waals surface area (Å²) < 4.78 is 72.5. The Hall–Kier alpha value is -3.38. The van der Waals surface area contributed by atoms with Gasteiger partial charge in [0.15, 0.2) is 0 Å². The standard InChI is InChI=1S/C28H28F5N5O2/c1-25(40)14-37(15-25)10-17-6-20-21(22(7-17)28(31,32)33)11-38(24(20)39)19-5-3-4-18(8-19)26(12-27(29,30)13-26)9-23-35-34-16-36(23)2/h3-8,16,40H,9-15H2,1-2H3. The second-order valence-electron chi connectivity index (χ2n) is 11.8. The highest BCUT2D eigenvalue weighted by molar-refractivity contribution is 6.10. The SMILES string of the molecule is Cn1cnnc1CC1(c2cccc(N3Cc4c(cc(CN5CC(C)(O)C5)cc4C(F)(F)F)C3=O)c2)CC(F)(F)C1. The predicted octanol–water partition coefficient (Wildman–Crippen LogP) is 4.47. The summed E-state index contributed by atoms with van der Waals surface area (Å²) in [5, 5.41) is 17.9. The lowest BCUT2D eigenvalue weighted by Gasteiger charge is -2.48. The van der Waals surface area contributed by atoms with E-state index in [1.807, 2.05) is 4.90 Å². The quantitative estimate of drug-likeness (QED) is 0.450. The van der Waals surface area contributed by atoms with Crippen LogP contribution in [0.5, 0.6) is 0 Å². The largest absolute Gasteiger partial charge is 0.416 e. The Kier molecular flexibility index (Phi) is 5.91. The first kappa shape index (κ1) is 26.8. The van der Waals surface area contributed by atoms with E-state index in [0.29, 0.717) is 35.7 Å². The highest BCUT2D eigenvalue weighted by Crippen LogP contribution is 2.55. The molecule has 1 saturated carbocycles. The van der Waals surface area contributed by atoms with E-state index in [1.54, 1.807) is 42.8 Å². The zero-order valence-corrected chi connectivity index (χ0v) is 22.0. The molecule has 2 aliphatic heterocycles. The topological polar surface area (TPSA) is 74.5 Å². The van der Waals surface area contributed by atoms with Crippen molar-refractivity contribution in [1.82, 2.24) is 19.7 Å². The normalized spacial score (nSPS) is 21.2. The van der Waals surface area contributed by atoms with Crippen molar-refractivity contribution >= 4 is 11.6 Å². The molecule has 1 aliphatic carbocycles. The number of rotatable bonds is 6. The molecule has 2 fully saturated rings. The number of nitrogens with zero attached hydrogens (tertiary/aromatic N) is 5. The van der Waals surface area contributed by atoms with Crippen LogP contribution in [0.15, 0.2) is 42.7 Å². The number of alkyl halides is 5. The summed E-state index contributed by atoms with van der Waals surface area (Å²) in [7, 11) is 1.73. The zero-order valence-electron chi connectivity index (χ0n) is 22.0. The maximum absolute atomic E-state index is 14.2. The number of likely N-dealkylation sites (tertiary alicyclic amines) is 1. The molecule has 7 nitrogen and oxygen atoms in total. The maximum Gasteiger partial charge on any atom is 0.416 e. The fraction of sp³-hybridized carbons (Fsp3) is 0.464. The van der Waals surface area contributed by atoms with Crippen LogP contribution in [-0.2, 0) is 38.1 Å². The number of carbonyl (C=O) groups excluding carboxylic acids is 1. The number of fused-ring (bicyclic) bond motifs is 1. The van der Waals surface area contributed by atoms with Gasteiger partial charge < -0.3 is 14.6 Å². The summed E-state index contributed by atoms with van der Waals surface area (Å²) in [6, 6.07) is 9.16. The van der Waals surface area contributed by atoms with E-state index in [4.69, 9.17) is 0 Å². The highest BCUT2D eigenvalue weighted by Gasteiger charge is 2.57. The lowest BCUT2D eigenvalue weighted by Crippen LogP contribution is -2.59. The van der Waals surface area contributed by atoms with Gasteiger partial charge >= 0.3 is 6.18 Å². The molecule has 3 aliphatic rings. The number of carbonyl (C=O) groups is 1. The predicted molar refractivity (Wildman–Crippen MR) is 135 cm³/mol. The molecule has 0 radical (unpaired) electrons. The molecule has 2 aromatic carbocycles. The average Bonchev–Trinajstić information content (AvgIpc) is 3.38. The van der Waals surface area contributed by atoms with Gasteiger partial charge in [0.2, 0.25) is 5.92 Å². The number of benzene rings is 2. The second-order valence-corrected chi connectivity index (χ2v) is 11.8. The number of β-amino-alcohol motifs (C(OH)–C–C–N with tert-alkyl or cyclic N) is 1. The van der Waals surface area contributed by atoms with Gasteiger partial charge in [-0.1, -0.05) is 12.1 Å². The van der Waals surface area contributed by atoms with E-state index in [1.165, 1.54) is 17.3 Å². The fourth-order valence-corrected chi connectivity index (χ4v) is 6.45. The molecule has 0 atom stereocenters. The summed E-state index contributed by atoms with van der Waals surface area (Å²) in [6.07, 6.45) is -3.78. The first-order valence-electron chi connectivity index (χ1n) is 13.0. The Bertz CT molecular complexity index is 1480. The molecule has 212 valence electrons. The minimum absolute atomic E-state index is 0.0218. The number of aliphatic hydroxyl groups is 1. The van der Waals surface area contributed by atoms with Crippen molar-refractivity contribution in [2.45, 2.75) is 62.4 Å². The molecule has 12 heteroatoms. The molecule has 0 spiro atoms. The van der Waals surface area contributed by atoms with E-state index < -0.39 is 47.4 Å². The average molecular weight is 562 g/mol. The van der Waals surface area contributed by atoms with Crippen LogP contribution in [0.3, 0.4) is 0 Å². The van der Waals surface area contributed by atoms with Crippen molar-refractivity contribution in [3.05, 3.63) is 76.4 Å². The summed E-state index contributed by atoms with van der Waals surface area (Å²) >= 11 is 0. The van der Waals surface area contributed by atoms with Crippen LogP contribution < -0.4 is 4.90 Å². The molecule has 0 bridgehead atoms. The van der Waals surface area contributed by atoms with Gasteiger partial charge in [0, 0.05) is 62.6 Å². The van der Waals surface area contributed by atoms with E-state index in [0.717, 1.165) is 6.07 Å². The monoisotopic (exact) mass is 561 g/mol. The molecular formula is C28H28F5N5O2. The summed E-state index contributed by atoms with van der Waals surface area (Å²) in [4.78, 5) is 16.6. The number of halogens is 5.